The van der Waals surface area contributed by atoms with Crippen LogP contribution in [-0.2, 0) is 12.8 Å². The van der Waals surface area contributed by atoms with E-state index in [1.54, 1.807) is 30.3 Å². The molecule has 140 valence electrons. The summed E-state index contributed by atoms with van der Waals surface area (Å²) in [5, 5.41) is 15.5. The summed E-state index contributed by atoms with van der Waals surface area (Å²) < 4.78 is 40.2. The first-order chi connectivity index (χ1) is 12.8. The average molecular weight is 396 g/mol. The van der Waals surface area contributed by atoms with Gasteiger partial charge in [-0.1, -0.05) is 41.9 Å². The number of aliphatic hydroxyl groups is 1. The van der Waals surface area contributed by atoms with Crippen LogP contribution in [0.5, 0.6) is 0 Å². The molecule has 1 amide bonds. The molecule has 0 bridgehead atoms. The van der Waals surface area contributed by atoms with Gasteiger partial charge in [0, 0.05) is 17.3 Å². The first-order valence-corrected chi connectivity index (χ1v) is 8.11. The molecule has 27 heavy (non-hydrogen) atoms. The van der Waals surface area contributed by atoms with E-state index in [1.807, 2.05) is 0 Å². The third-order valence-corrected chi connectivity index (χ3v) is 4.07. The molecule has 0 saturated heterocycles. The van der Waals surface area contributed by atoms with Crippen LogP contribution >= 0.6 is 11.6 Å². The highest BCUT2D eigenvalue weighted by Gasteiger charge is 2.36. The first kappa shape index (κ1) is 18.9. The molecule has 0 fully saturated rings. The summed E-state index contributed by atoms with van der Waals surface area (Å²) >= 11 is 6.06. The lowest BCUT2D eigenvalue weighted by Crippen LogP contribution is -2.18. The Bertz CT molecular complexity index is 986. The number of aliphatic hydroxyl groups excluding tert-OH is 1. The van der Waals surface area contributed by atoms with Crippen molar-refractivity contribution in [1.29, 1.82) is 0 Å². The van der Waals surface area contributed by atoms with Crippen molar-refractivity contribution in [2.24, 2.45) is 0 Å². The number of carbonyl (C=O) groups excluding carboxylic acids is 1. The van der Waals surface area contributed by atoms with Gasteiger partial charge in [0.1, 0.15) is 5.69 Å². The van der Waals surface area contributed by atoms with Gasteiger partial charge in [-0.05, 0) is 18.2 Å². The van der Waals surface area contributed by atoms with Gasteiger partial charge in [-0.2, -0.15) is 18.3 Å². The summed E-state index contributed by atoms with van der Waals surface area (Å²) in [5.74, 6) is -0.821. The van der Waals surface area contributed by atoms with Crippen molar-refractivity contribution in [3.63, 3.8) is 0 Å². The maximum atomic E-state index is 13.1. The van der Waals surface area contributed by atoms with E-state index in [1.165, 1.54) is 18.2 Å². The van der Waals surface area contributed by atoms with Crippen molar-refractivity contribution >= 4 is 23.2 Å². The van der Waals surface area contributed by atoms with Gasteiger partial charge >= 0.3 is 6.18 Å². The minimum atomic E-state index is -4.73. The summed E-state index contributed by atoms with van der Waals surface area (Å²) in [6.45, 7) is -0.339. The maximum absolute atomic E-state index is 13.1. The van der Waals surface area contributed by atoms with E-state index in [2.05, 4.69) is 10.4 Å². The molecular weight excluding hydrogens is 383 g/mol. The van der Waals surface area contributed by atoms with Gasteiger partial charge in [-0.3, -0.25) is 4.79 Å². The molecule has 2 N–H and O–H groups in total. The summed E-state index contributed by atoms with van der Waals surface area (Å²) in [4.78, 5) is 12.7. The normalized spacial score (nSPS) is 11.4. The molecule has 0 aliphatic carbocycles. The lowest BCUT2D eigenvalue weighted by Gasteiger charge is -2.11. The second-order valence-corrected chi connectivity index (χ2v) is 5.95. The van der Waals surface area contributed by atoms with Gasteiger partial charge < -0.3 is 10.4 Å². The number of nitrogens with one attached hydrogen (secondary N) is 1. The number of amides is 1. The Balaban J connectivity index is 2.07. The van der Waals surface area contributed by atoms with Crippen LogP contribution in [0.1, 0.15) is 21.7 Å². The summed E-state index contributed by atoms with van der Waals surface area (Å²) in [5.41, 5.74) is -0.724. The zero-order valence-electron chi connectivity index (χ0n) is 13.7. The minimum Gasteiger partial charge on any atom is -0.392 e. The average Bonchev–Trinajstić information content (AvgIpc) is 3.08. The molecule has 0 unspecified atom stereocenters. The van der Waals surface area contributed by atoms with E-state index in [-0.39, 0.29) is 28.7 Å². The zero-order chi connectivity index (χ0) is 19.6. The third-order valence-electron chi connectivity index (χ3n) is 3.75. The molecule has 0 radical (unpaired) electrons. The lowest BCUT2D eigenvalue weighted by molar-refractivity contribution is -0.141. The molecule has 3 aromatic rings. The lowest BCUT2D eigenvalue weighted by atomic mass is 10.2. The fourth-order valence-electron chi connectivity index (χ4n) is 2.45. The number of hydrogen-bond acceptors (Lipinski definition) is 3. The van der Waals surface area contributed by atoms with Gasteiger partial charge in [-0.25, -0.2) is 4.68 Å². The molecule has 0 aliphatic rings. The van der Waals surface area contributed by atoms with Crippen LogP contribution in [-0.4, -0.2) is 20.8 Å². The number of carbonyl (C=O) groups is 1. The van der Waals surface area contributed by atoms with Gasteiger partial charge in [0.05, 0.1) is 17.3 Å². The molecule has 5 nitrogen and oxygen atoms in total. The Morgan fingerprint density at radius 1 is 1.15 bits per heavy atom. The molecule has 0 atom stereocenters. The van der Waals surface area contributed by atoms with E-state index in [0.717, 1.165) is 4.68 Å². The Kier molecular flexibility index (Phi) is 5.20. The van der Waals surface area contributed by atoms with Crippen LogP contribution in [0.15, 0.2) is 54.6 Å². The van der Waals surface area contributed by atoms with Crippen LogP contribution < -0.4 is 5.32 Å². The highest BCUT2D eigenvalue weighted by Crippen LogP contribution is 2.31. The van der Waals surface area contributed by atoms with Crippen molar-refractivity contribution in [3.05, 3.63) is 76.6 Å². The van der Waals surface area contributed by atoms with Crippen molar-refractivity contribution in [3.8, 4) is 5.69 Å². The van der Waals surface area contributed by atoms with Gasteiger partial charge in [0.2, 0.25) is 0 Å². The SMILES string of the molecule is O=C(Nc1ccccc1CO)c1cc(C(F)(F)F)nn1-c1ccccc1Cl. The van der Waals surface area contributed by atoms with Crippen LogP contribution in [0.2, 0.25) is 5.02 Å². The third kappa shape index (κ3) is 3.96. The number of anilines is 1. The highest BCUT2D eigenvalue weighted by atomic mass is 35.5. The van der Waals surface area contributed by atoms with Gasteiger partial charge in [0.25, 0.3) is 5.91 Å². The molecule has 1 heterocycles. The van der Waals surface area contributed by atoms with E-state index in [4.69, 9.17) is 11.6 Å². The van der Waals surface area contributed by atoms with Crippen molar-refractivity contribution in [1.82, 2.24) is 9.78 Å². The quantitative estimate of drug-likeness (QED) is 0.692. The van der Waals surface area contributed by atoms with Crippen molar-refractivity contribution in [2.45, 2.75) is 12.8 Å². The second-order valence-electron chi connectivity index (χ2n) is 5.55. The van der Waals surface area contributed by atoms with Crippen LogP contribution in [0.4, 0.5) is 18.9 Å². The summed E-state index contributed by atoms with van der Waals surface area (Å²) in [6, 6.07) is 13.2. The molecule has 0 aliphatic heterocycles. The standard InChI is InChI=1S/C18H13ClF3N3O2/c19-12-6-2-4-8-14(12)25-15(9-16(24-25)18(20,21)22)17(27)23-13-7-3-1-5-11(13)10-26/h1-9,26H,10H2,(H,23,27). The van der Waals surface area contributed by atoms with Crippen LogP contribution in [0.3, 0.4) is 0 Å². The predicted molar refractivity (Wildman–Crippen MR) is 93.9 cm³/mol. The minimum absolute atomic E-state index is 0.135. The highest BCUT2D eigenvalue weighted by molar-refractivity contribution is 6.32. The van der Waals surface area contributed by atoms with E-state index >= 15 is 0 Å². The Morgan fingerprint density at radius 3 is 2.48 bits per heavy atom. The van der Waals surface area contributed by atoms with E-state index in [0.29, 0.717) is 11.6 Å². The molecule has 0 spiro atoms. The first-order valence-electron chi connectivity index (χ1n) is 7.73. The van der Waals surface area contributed by atoms with Crippen LogP contribution in [0.25, 0.3) is 5.69 Å². The number of nitrogens with zero attached hydrogens (tertiary/aromatic N) is 2. The van der Waals surface area contributed by atoms with E-state index < -0.39 is 17.8 Å². The van der Waals surface area contributed by atoms with Gasteiger partial charge in [0.15, 0.2) is 5.69 Å². The smallest absolute Gasteiger partial charge is 0.392 e. The molecule has 9 heteroatoms. The number of hydrogen-bond donors (Lipinski definition) is 2. The van der Waals surface area contributed by atoms with Crippen LogP contribution in [0, 0.1) is 0 Å². The monoisotopic (exact) mass is 395 g/mol. The molecule has 3 rings (SSSR count). The number of para-hydroxylation sites is 2. The number of rotatable bonds is 4. The predicted octanol–water partition coefficient (Wildman–Crippen LogP) is 4.29. The fourth-order valence-corrected chi connectivity index (χ4v) is 2.67. The largest absolute Gasteiger partial charge is 0.435 e. The van der Waals surface area contributed by atoms with Crippen molar-refractivity contribution in [2.75, 3.05) is 5.32 Å². The number of benzene rings is 2. The van der Waals surface area contributed by atoms with Gasteiger partial charge in [-0.15, -0.1) is 0 Å². The second kappa shape index (κ2) is 7.42. The van der Waals surface area contributed by atoms with Crippen molar-refractivity contribution < 1.29 is 23.1 Å². The summed E-state index contributed by atoms with van der Waals surface area (Å²) in [7, 11) is 0. The molecule has 2 aromatic carbocycles. The Labute approximate surface area is 157 Å². The number of halogens is 4. The van der Waals surface area contributed by atoms with E-state index in [9.17, 15) is 23.1 Å². The maximum Gasteiger partial charge on any atom is 0.435 e. The zero-order valence-corrected chi connectivity index (χ0v) is 14.4. The number of aromatic nitrogens is 2. The number of alkyl halides is 3. The molecule has 0 saturated carbocycles. The topological polar surface area (TPSA) is 67.2 Å². The Hall–Kier alpha value is -2.84. The molecular formula is C18H13ClF3N3O2. The Morgan fingerprint density at radius 2 is 1.81 bits per heavy atom. The summed E-state index contributed by atoms with van der Waals surface area (Å²) in [6.07, 6.45) is -4.73. The molecule has 1 aromatic heterocycles. The fraction of sp³-hybridized carbons (Fsp3) is 0.111.